The lowest BCUT2D eigenvalue weighted by atomic mass is 10.0. The molecule has 0 unspecified atom stereocenters. The molecule has 662 valence electrons. The average molecular weight is 1800 g/mol. The molecule has 3 aliphatic heterocycles. The van der Waals surface area contributed by atoms with Gasteiger partial charge in [0, 0.05) is 61.0 Å². The number of halogens is 4. The second kappa shape index (κ2) is 44.6. The molecule has 12 amide bonds. The number of anilines is 4. The third kappa shape index (κ3) is 27.8. The fraction of sp³-hybridized carbons (Fsp3) is 0.416. The molecule has 4 fully saturated rings. The summed E-state index contributed by atoms with van der Waals surface area (Å²) in [6, 6.07) is 5.54. The highest BCUT2D eigenvalue weighted by molar-refractivity contribution is 6.34. The van der Waals surface area contributed by atoms with Gasteiger partial charge in [0.1, 0.15) is 73.0 Å². The van der Waals surface area contributed by atoms with Gasteiger partial charge in [-0.05, 0) is 132 Å². The van der Waals surface area contributed by atoms with Gasteiger partial charge >= 0.3 is 23.9 Å². The van der Waals surface area contributed by atoms with E-state index in [-0.39, 0.29) is 67.1 Å². The van der Waals surface area contributed by atoms with Crippen molar-refractivity contribution in [3.05, 3.63) is 115 Å². The molecule has 21 N–H and O–H groups in total. The number of methoxy groups -OCH3 is 1. The number of carboxylic acid groups (broad SMARTS) is 4. The summed E-state index contributed by atoms with van der Waals surface area (Å²) in [6.45, 7) is 7.92. The van der Waals surface area contributed by atoms with E-state index in [1.165, 1.54) is 124 Å². The predicted octanol–water partition coefficient (Wildman–Crippen LogP) is -0.260. The van der Waals surface area contributed by atoms with Gasteiger partial charge in [-0.15, -0.1) is 0 Å². The van der Waals surface area contributed by atoms with Crippen LogP contribution in [0.25, 0.3) is 0 Å². The lowest BCUT2D eigenvalue weighted by Crippen LogP contribution is -2.56. The summed E-state index contributed by atoms with van der Waals surface area (Å²) in [7, 11) is 1.43. The summed E-state index contributed by atoms with van der Waals surface area (Å²) in [4.78, 5) is 241. The molecule has 46 heteroatoms. The Labute approximate surface area is 720 Å². The summed E-state index contributed by atoms with van der Waals surface area (Å²) < 4.78 is 5.27. The Kier molecular flexibility index (Phi) is 35.8. The molecule has 15 atom stereocenters. The van der Waals surface area contributed by atoms with Gasteiger partial charge in [-0.2, -0.15) is 5.10 Å². The van der Waals surface area contributed by atoms with Crippen molar-refractivity contribution in [2.24, 2.45) is 22.9 Å². The number of hydrogen-bond acceptors (Lipinski definition) is 26. The summed E-state index contributed by atoms with van der Waals surface area (Å²) in [5, 5.41) is 62.9. The van der Waals surface area contributed by atoms with E-state index in [4.69, 9.17) is 94.5 Å². The maximum atomic E-state index is 13.0. The van der Waals surface area contributed by atoms with E-state index in [0.717, 1.165) is 11.4 Å². The summed E-state index contributed by atoms with van der Waals surface area (Å²) in [6.07, 6.45) is 1.56. The highest BCUT2D eigenvalue weighted by Gasteiger charge is 2.58. The maximum Gasteiger partial charge on any atom is 0.305 e. The van der Waals surface area contributed by atoms with Crippen LogP contribution in [0.4, 0.5) is 22.7 Å². The number of aliphatic carboxylic acids is 4. The number of carboxylic acids is 4. The SMILES string of the molecule is CO[C@@H]1C[C@@H](C(=O)N[C@H](C=O)CC(=O)O)N(C(=O)[C@H](C)NC(=O)c2ccc(N)c(Cl)c2)C1.C[C@H](NC(=O)c1ccc(N)c(Cl)c1)C(=O)N1C[C@H]2C[C@H]2[C@H]1C(=O)N[C@H](C=O)CC(=O)O.C[C@H](NC(=O)c1ccc(N)c(Cl)c1)C(=O)N1N=C[C@H](C)[C@H]1C(=O)N[C@H](C=O)CC(=O)O.C[C@H](NC(=O)c1ccc(N)c(Cl)c1)C(=O)NC1(C(=O)N[C@H](C=O)CC(=O)O)CC1. The van der Waals surface area contributed by atoms with Crippen LogP contribution in [0.2, 0.25) is 20.1 Å². The molecular formula is C77H91Cl4N17O25. The number of carbonyl (C=O) groups is 20. The van der Waals surface area contributed by atoms with Crippen LogP contribution in [0.15, 0.2) is 77.9 Å². The Morgan fingerprint density at radius 2 is 0.813 bits per heavy atom. The van der Waals surface area contributed by atoms with Crippen molar-refractivity contribution in [3.63, 3.8) is 0 Å². The number of aldehydes is 4. The van der Waals surface area contributed by atoms with E-state index >= 15 is 0 Å². The minimum absolute atomic E-state index is 0.0418. The standard InChI is InChI=1S/C20H25ClN4O7.C20H23ClN4O6.C19H22ClN5O6.C18H21ClN4O6/c1-10(23-18(29)11-3-4-15(22)14(21)5-11)20(31)25-8-13(32-2)7-16(25)19(30)24-12(9-26)6-17(27)28;1-9(23-18(29)10-2-3-15(22)14(21)5-10)20(31)25-7-11-4-13(11)17(25)19(30)24-12(8-26)6-16(27)28;1-9-7-22-25(16(9)18(30)24-12(8-26)6-15(27)28)19(31)10(2)23-17(29)11-3-4-14(21)13(20)5-11;1-9(21-16(28)10-2-3-13(20)12(19)6-10)15(27)23-18(4-5-18)17(29)22-11(8-24)7-14(25)26/h3-5,9-10,12-13,16H,6-8,22H2,1-2H3,(H,23,29)(H,24,30)(H,27,28);2-3,5,8-9,11-13,17H,4,6-7,22H2,1H3,(H,23,29)(H,24,30)(H,27,28);3-5,7-10,12,16H,6,21H2,1-2H3,(H,23,29)(H,24,30)(H,27,28);2-3,6,8-9,11H,4-5,7,20H2,1H3,(H,21,28)(H,22,29)(H,23,27)(H,25,26)/t10-,12-,13+,16-;9-,11+,12-,13+,17-;9-,10-,12-,16-;9-,11-/m0000/s1. The fourth-order valence-electron chi connectivity index (χ4n) is 12.6. The first kappa shape index (κ1) is 98.9. The quantitative estimate of drug-likeness (QED) is 0.0212. The summed E-state index contributed by atoms with van der Waals surface area (Å²) in [5.74, 6) is -12.4. The highest BCUT2D eigenvalue weighted by Crippen LogP contribution is 2.50. The summed E-state index contributed by atoms with van der Waals surface area (Å²) in [5.41, 5.74) is 23.3. The van der Waals surface area contributed by atoms with Crippen molar-refractivity contribution >= 4 is 195 Å². The van der Waals surface area contributed by atoms with Gasteiger partial charge in [0.25, 0.3) is 29.5 Å². The number of nitrogens with zero attached hydrogens (tertiary/aromatic N) is 4. The number of piperidine rings is 1. The number of nitrogen functional groups attached to an aromatic ring is 4. The molecule has 42 nitrogen and oxygen atoms in total. The molecule has 0 radical (unpaired) electrons. The molecule has 2 aliphatic carbocycles. The number of carbonyl (C=O) groups excluding carboxylic acids is 16. The Morgan fingerprint density at radius 1 is 0.472 bits per heavy atom. The minimum Gasteiger partial charge on any atom is -0.481 e. The predicted molar refractivity (Wildman–Crippen MR) is 439 cm³/mol. The number of amides is 12. The molecule has 2 saturated carbocycles. The molecule has 3 heterocycles. The molecular weight excluding hydrogens is 1700 g/mol. The number of hydrogen-bond donors (Lipinski definition) is 17. The van der Waals surface area contributed by atoms with E-state index < -0.39 is 204 Å². The molecule has 4 aromatic rings. The first-order chi connectivity index (χ1) is 57.8. The van der Waals surface area contributed by atoms with Crippen molar-refractivity contribution in [3.8, 4) is 0 Å². The smallest absolute Gasteiger partial charge is 0.305 e. The van der Waals surface area contributed by atoms with Crippen LogP contribution in [0.5, 0.6) is 0 Å². The van der Waals surface area contributed by atoms with Crippen LogP contribution in [-0.4, -0.2) is 260 Å². The second-order valence-electron chi connectivity index (χ2n) is 29.1. The van der Waals surface area contributed by atoms with E-state index in [9.17, 15) is 95.9 Å². The largest absolute Gasteiger partial charge is 0.481 e. The number of fused-ring (bicyclic) bond motifs is 1. The van der Waals surface area contributed by atoms with Gasteiger partial charge < -0.3 is 125 Å². The van der Waals surface area contributed by atoms with Crippen molar-refractivity contribution in [2.45, 2.75) is 164 Å². The van der Waals surface area contributed by atoms with Crippen molar-refractivity contribution < 1.29 is 121 Å². The van der Waals surface area contributed by atoms with Crippen LogP contribution < -0.4 is 70.8 Å². The third-order valence-electron chi connectivity index (χ3n) is 19.6. The maximum absolute atomic E-state index is 13.0. The van der Waals surface area contributed by atoms with Gasteiger partial charge in [0.05, 0.1) is 98.8 Å². The first-order valence-electron chi connectivity index (χ1n) is 37.5. The molecule has 0 aromatic heterocycles. The summed E-state index contributed by atoms with van der Waals surface area (Å²) >= 11 is 23.7. The number of rotatable bonds is 34. The number of likely N-dealkylation sites (tertiary alicyclic amines) is 2. The topological polar surface area (TPSA) is 666 Å². The fourth-order valence-corrected chi connectivity index (χ4v) is 13.3. The van der Waals surface area contributed by atoms with Crippen LogP contribution in [-0.2, 0) is 81.4 Å². The van der Waals surface area contributed by atoms with E-state index in [2.05, 4.69) is 53.0 Å². The van der Waals surface area contributed by atoms with Crippen molar-refractivity contribution in [1.82, 2.24) is 62.7 Å². The van der Waals surface area contributed by atoms with Crippen LogP contribution in [0.1, 0.15) is 127 Å². The number of hydrazone groups is 1. The zero-order valence-electron chi connectivity index (χ0n) is 66.5. The molecule has 2 saturated heterocycles. The number of nitrogens with two attached hydrogens (primary N) is 4. The molecule has 123 heavy (non-hydrogen) atoms. The van der Waals surface area contributed by atoms with Crippen LogP contribution in [0, 0.1) is 17.8 Å². The minimum atomic E-state index is -1.26. The Balaban J connectivity index is 0.000000254. The second-order valence-corrected chi connectivity index (χ2v) is 30.7. The Hall–Kier alpha value is -12.9. The van der Waals surface area contributed by atoms with Crippen molar-refractivity contribution in [1.29, 1.82) is 0 Å². The van der Waals surface area contributed by atoms with Gasteiger partial charge in [-0.1, -0.05) is 53.3 Å². The first-order valence-corrected chi connectivity index (χ1v) is 39.0. The molecule has 9 rings (SSSR count). The lowest BCUT2D eigenvalue weighted by Gasteiger charge is -2.30. The average Bonchev–Trinajstić information content (AvgIpc) is 1.58. The van der Waals surface area contributed by atoms with Crippen LogP contribution in [0.3, 0.4) is 0 Å². The van der Waals surface area contributed by atoms with E-state index in [1.807, 2.05) is 0 Å². The number of benzene rings is 4. The Morgan fingerprint density at radius 3 is 1.16 bits per heavy atom. The van der Waals surface area contributed by atoms with E-state index in [1.54, 1.807) is 6.92 Å². The zero-order valence-corrected chi connectivity index (χ0v) is 69.5. The molecule has 0 spiro atoms. The van der Waals surface area contributed by atoms with Crippen LogP contribution >= 0.6 is 46.4 Å². The van der Waals surface area contributed by atoms with Gasteiger partial charge in [0.2, 0.25) is 41.4 Å². The Bertz CT molecular complexity index is 4770. The third-order valence-corrected chi connectivity index (χ3v) is 20.9. The molecule has 0 bridgehead atoms. The zero-order chi connectivity index (χ0) is 91.9. The molecule has 5 aliphatic rings. The number of ether oxygens (including phenoxy) is 1. The highest BCUT2D eigenvalue weighted by atomic mass is 35.5. The molecule has 4 aromatic carbocycles. The van der Waals surface area contributed by atoms with Crippen molar-refractivity contribution in [2.75, 3.05) is 43.1 Å². The lowest BCUT2D eigenvalue weighted by molar-refractivity contribution is -0.143. The van der Waals surface area contributed by atoms with Gasteiger partial charge in [-0.25, -0.2) is 5.01 Å². The monoisotopic (exact) mass is 1790 g/mol. The van der Waals surface area contributed by atoms with Gasteiger partial charge in [0.15, 0.2) is 0 Å². The normalized spacial score (nSPS) is 19.7. The number of nitrogens with one attached hydrogen (secondary N) is 9. The van der Waals surface area contributed by atoms with E-state index in [0.29, 0.717) is 67.3 Å². The van der Waals surface area contributed by atoms with Gasteiger partial charge in [-0.3, -0.25) is 76.7 Å².